The standard InChI is InChI=1S/C27H33N3O6/c1-16(2)13-21(30-25(32)19-5-3-4-6-20(19)26(30)33)27(34)29-11-9-17(10-12-29)24(31)28-18-7-8-22-23(14-18)36-15-35-22/h3-4,7-8,14,16-17,19-21H,5-6,9-13,15H2,1-2H3,(H,28,31)/t19-,20+,21-/m0/s1. The molecule has 2 fully saturated rings. The largest absolute Gasteiger partial charge is 0.454 e. The van der Waals surface area contributed by atoms with Gasteiger partial charge in [0.1, 0.15) is 6.04 Å². The number of nitrogens with zero attached hydrogens (tertiary/aromatic N) is 2. The van der Waals surface area contributed by atoms with Crippen molar-refractivity contribution < 1.29 is 28.7 Å². The number of benzene rings is 1. The zero-order valence-electron chi connectivity index (χ0n) is 20.8. The number of hydrogen-bond acceptors (Lipinski definition) is 6. The summed E-state index contributed by atoms with van der Waals surface area (Å²) in [7, 11) is 0. The van der Waals surface area contributed by atoms with Crippen molar-refractivity contribution in [3.63, 3.8) is 0 Å². The molecule has 9 nitrogen and oxygen atoms in total. The molecule has 5 rings (SSSR count). The van der Waals surface area contributed by atoms with E-state index in [2.05, 4.69) is 5.32 Å². The van der Waals surface area contributed by atoms with Crippen LogP contribution in [0.15, 0.2) is 30.4 Å². The molecule has 1 aliphatic carbocycles. The highest BCUT2D eigenvalue weighted by Gasteiger charge is 2.51. The van der Waals surface area contributed by atoms with Gasteiger partial charge >= 0.3 is 0 Å². The molecule has 3 aliphatic heterocycles. The molecule has 0 aromatic heterocycles. The summed E-state index contributed by atoms with van der Waals surface area (Å²) in [4.78, 5) is 55.8. The molecule has 9 heteroatoms. The van der Waals surface area contributed by atoms with Crippen molar-refractivity contribution in [3.05, 3.63) is 30.4 Å². The van der Waals surface area contributed by atoms with Crippen molar-refractivity contribution in [2.45, 2.75) is 52.0 Å². The van der Waals surface area contributed by atoms with E-state index in [0.717, 1.165) is 0 Å². The fourth-order valence-electron chi connectivity index (χ4n) is 5.69. The highest BCUT2D eigenvalue weighted by Crippen LogP contribution is 2.38. The van der Waals surface area contributed by atoms with Crippen molar-refractivity contribution in [2.75, 3.05) is 25.2 Å². The van der Waals surface area contributed by atoms with Crippen LogP contribution in [0.5, 0.6) is 11.5 Å². The lowest BCUT2D eigenvalue weighted by molar-refractivity contribution is -0.153. The van der Waals surface area contributed by atoms with E-state index in [1.807, 2.05) is 26.0 Å². The lowest BCUT2D eigenvalue weighted by Gasteiger charge is -2.36. The molecule has 1 aromatic rings. The topological polar surface area (TPSA) is 105 Å². The third kappa shape index (κ3) is 4.58. The summed E-state index contributed by atoms with van der Waals surface area (Å²) in [6.07, 6.45) is 6.49. The molecule has 1 aromatic carbocycles. The molecule has 192 valence electrons. The van der Waals surface area contributed by atoms with Gasteiger partial charge in [-0.25, -0.2) is 0 Å². The van der Waals surface area contributed by atoms with Crippen LogP contribution in [0.25, 0.3) is 0 Å². The number of nitrogens with one attached hydrogen (secondary N) is 1. The number of imide groups is 1. The Morgan fingerprint density at radius 3 is 2.28 bits per heavy atom. The fraction of sp³-hybridized carbons (Fsp3) is 0.556. The van der Waals surface area contributed by atoms with E-state index in [9.17, 15) is 19.2 Å². The van der Waals surface area contributed by atoms with Crippen LogP contribution in [0.2, 0.25) is 0 Å². The number of rotatable bonds is 6. The summed E-state index contributed by atoms with van der Waals surface area (Å²) >= 11 is 0. The maximum atomic E-state index is 13.6. The summed E-state index contributed by atoms with van der Waals surface area (Å²) in [6.45, 7) is 4.98. The predicted molar refractivity (Wildman–Crippen MR) is 131 cm³/mol. The average molecular weight is 496 g/mol. The van der Waals surface area contributed by atoms with Crippen LogP contribution in [0.3, 0.4) is 0 Å². The van der Waals surface area contributed by atoms with Gasteiger partial charge in [-0.2, -0.15) is 0 Å². The molecule has 0 saturated carbocycles. The average Bonchev–Trinajstić information content (AvgIpc) is 3.44. The normalized spacial score (nSPS) is 24.3. The summed E-state index contributed by atoms with van der Waals surface area (Å²) in [5.74, 6) is -0.249. The van der Waals surface area contributed by atoms with Gasteiger partial charge in [0.2, 0.25) is 30.4 Å². The van der Waals surface area contributed by atoms with Crippen molar-refractivity contribution >= 4 is 29.3 Å². The van der Waals surface area contributed by atoms with Crippen molar-refractivity contribution in [1.82, 2.24) is 9.80 Å². The molecule has 2 saturated heterocycles. The minimum atomic E-state index is -0.783. The van der Waals surface area contributed by atoms with Gasteiger partial charge < -0.3 is 19.7 Å². The Hall–Kier alpha value is -3.36. The molecule has 36 heavy (non-hydrogen) atoms. The number of hydrogen-bond donors (Lipinski definition) is 1. The Bertz CT molecular complexity index is 1060. The second-order valence-corrected chi connectivity index (χ2v) is 10.5. The number of amides is 4. The van der Waals surface area contributed by atoms with E-state index >= 15 is 0 Å². The van der Waals surface area contributed by atoms with Crippen molar-refractivity contribution in [2.24, 2.45) is 23.7 Å². The minimum absolute atomic E-state index is 0.0961. The SMILES string of the molecule is CC(C)C[C@@H](C(=O)N1CCC(C(=O)Nc2ccc3c(c2)OCO3)CC1)N1C(=O)[C@H]2CC=CC[C@H]2C1=O. The molecule has 4 amide bonds. The molecule has 0 spiro atoms. The van der Waals surface area contributed by atoms with E-state index in [-0.39, 0.29) is 54.1 Å². The summed E-state index contributed by atoms with van der Waals surface area (Å²) in [5, 5.41) is 2.94. The number of fused-ring (bicyclic) bond motifs is 2. The van der Waals surface area contributed by atoms with E-state index in [0.29, 0.717) is 62.4 Å². The maximum absolute atomic E-state index is 13.6. The molecule has 0 bridgehead atoms. The molecule has 3 atom stereocenters. The van der Waals surface area contributed by atoms with Gasteiger partial charge in [-0.15, -0.1) is 0 Å². The number of piperidine rings is 1. The van der Waals surface area contributed by atoms with E-state index in [4.69, 9.17) is 9.47 Å². The highest BCUT2D eigenvalue weighted by atomic mass is 16.7. The molecule has 4 aliphatic rings. The number of carbonyl (C=O) groups excluding carboxylic acids is 4. The van der Waals surface area contributed by atoms with Gasteiger partial charge in [-0.1, -0.05) is 26.0 Å². The molecule has 0 unspecified atom stereocenters. The quantitative estimate of drug-likeness (QED) is 0.481. The lowest BCUT2D eigenvalue weighted by atomic mass is 9.85. The number of ether oxygens (including phenoxy) is 2. The van der Waals surface area contributed by atoms with Gasteiger partial charge in [-0.3, -0.25) is 24.1 Å². The Kier molecular flexibility index (Phi) is 6.73. The maximum Gasteiger partial charge on any atom is 0.245 e. The van der Waals surface area contributed by atoms with Crippen LogP contribution < -0.4 is 14.8 Å². The Labute approximate surface area is 210 Å². The molecule has 0 radical (unpaired) electrons. The van der Waals surface area contributed by atoms with Gasteiger partial charge in [-0.05, 0) is 50.2 Å². The third-order valence-electron chi connectivity index (χ3n) is 7.65. The number of likely N-dealkylation sites (tertiary alicyclic amines) is 2. The second kappa shape index (κ2) is 9.95. The fourth-order valence-corrected chi connectivity index (χ4v) is 5.69. The van der Waals surface area contributed by atoms with E-state index in [1.54, 1.807) is 23.1 Å². The van der Waals surface area contributed by atoms with E-state index < -0.39 is 6.04 Å². The Morgan fingerprint density at radius 1 is 1.00 bits per heavy atom. The first-order chi connectivity index (χ1) is 17.3. The van der Waals surface area contributed by atoms with Crippen LogP contribution in [0.4, 0.5) is 5.69 Å². The Balaban J connectivity index is 1.22. The van der Waals surface area contributed by atoms with Crippen molar-refractivity contribution in [1.29, 1.82) is 0 Å². The van der Waals surface area contributed by atoms with Crippen LogP contribution in [0, 0.1) is 23.7 Å². The molecular weight excluding hydrogens is 462 g/mol. The highest BCUT2D eigenvalue weighted by molar-refractivity contribution is 6.08. The lowest BCUT2D eigenvalue weighted by Crippen LogP contribution is -2.54. The van der Waals surface area contributed by atoms with Crippen LogP contribution in [0.1, 0.15) is 46.0 Å². The second-order valence-electron chi connectivity index (χ2n) is 10.5. The van der Waals surface area contributed by atoms with Crippen LogP contribution in [-0.4, -0.2) is 59.4 Å². The number of anilines is 1. The monoisotopic (exact) mass is 495 g/mol. The zero-order chi connectivity index (χ0) is 25.4. The van der Waals surface area contributed by atoms with Gasteiger partial charge in [0.05, 0.1) is 11.8 Å². The van der Waals surface area contributed by atoms with Crippen LogP contribution in [-0.2, 0) is 19.2 Å². The third-order valence-corrected chi connectivity index (χ3v) is 7.65. The summed E-state index contributed by atoms with van der Waals surface area (Å²) in [5.41, 5.74) is 0.641. The number of allylic oxidation sites excluding steroid dienone is 2. The first-order valence-corrected chi connectivity index (χ1v) is 12.8. The van der Waals surface area contributed by atoms with Gasteiger partial charge in [0, 0.05) is 30.8 Å². The zero-order valence-corrected chi connectivity index (χ0v) is 20.8. The van der Waals surface area contributed by atoms with Gasteiger partial charge in [0.15, 0.2) is 11.5 Å². The smallest absolute Gasteiger partial charge is 0.245 e. The van der Waals surface area contributed by atoms with E-state index in [1.165, 1.54) is 4.90 Å². The van der Waals surface area contributed by atoms with Crippen molar-refractivity contribution in [3.8, 4) is 11.5 Å². The predicted octanol–water partition coefficient (Wildman–Crippen LogP) is 2.96. The summed E-state index contributed by atoms with van der Waals surface area (Å²) < 4.78 is 10.7. The minimum Gasteiger partial charge on any atom is -0.454 e. The Morgan fingerprint density at radius 2 is 1.64 bits per heavy atom. The molecular formula is C27H33N3O6. The van der Waals surface area contributed by atoms with Gasteiger partial charge in [0.25, 0.3) is 0 Å². The first-order valence-electron chi connectivity index (χ1n) is 12.8. The number of carbonyl (C=O) groups is 4. The summed E-state index contributed by atoms with van der Waals surface area (Å²) in [6, 6.07) is 4.50. The first kappa shape index (κ1) is 24.3. The molecule has 1 N–H and O–H groups in total. The van der Waals surface area contributed by atoms with Crippen LogP contribution >= 0.6 is 0 Å². The molecule has 3 heterocycles.